The van der Waals surface area contributed by atoms with E-state index in [0.717, 1.165) is 18.5 Å². The van der Waals surface area contributed by atoms with E-state index in [1.807, 2.05) is 12.3 Å². The minimum absolute atomic E-state index is 0.120. The molecule has 0 saturated carbocycles. The van der Waals surface area contributed by atoms with Gasteiger partial charge in [-0.3, -0.25) is 4.98 Å². The van der Waals surface area contributed by atoms with Gasteiger partial charge < -0.3 is 11.1 Å². The number of piperidine rings is 1. The molecule has 0 aliphatic carbocycles. The van der Waals surface area contributed by atoms with Crippen LogP contribution in [-0.2, 0) is 0 Å². The molecule has 3 heteroatoms. The van der Waals surface area contributed by atoms with Crippen molar-refractivity contribution in [1.29, 1.82) is 0 Å². The number of rotatable bonds is 3. The first-order valence-corrected chi connectivity index (χ1v) is 5.75. The number of nitrogens with two attached hydrogens (primary N) is 1. The molecule has 1 aliphatic rings. The second kappa shape index (κ2) is 5.24. The highest BCUT2D eigenvalue weighted by Crippen LogP contribution is 2.19. The summed E-state index contributed by atoms with van der Waals surface area (Å²) in [5.41, 5.74) is 7.29. The molecule has 2 unspecified atom stereocenters. The Balaban J connectivity index is 1.88. The average molecular weight is 205 g/mol. The number of nitrogens with zero attached hydrogens (tertiary/aromatic N) is 1. The zero-order valence-corrected chi connectivity index (χ0v) is 9.02. The standard InChI is InChI=1S/C12H19N3/c13-12(10-4-3-6-14-9-10)8-11-5-1-2-7-15-11/h3-4,6,9,11-12,15H,1-2,5,7-8,13H2. The predicted molar refractivity (Wildman–Crippen MR) is 61.4 cm³/mol. The van der Waals surface area contributed by atoms with Crippen LogP contribution in [-0.4, -0.2) is 17.6 Å². The van der Waals surface area contributed by atoms with E-state index in [1.54, 1.807) is 6.20 Å². The van der Waals surface area contributed by atoms with Crippen LogP contribution in [0, 0.1) is 0 Å². The molecule has 0 radical (unpaired) electrons. The van der Waals surface area contributed by atoms with E-state index < -0.39 is 0 Å². The van der Waals surface area contributed by atoms with Crippen LogP contribution in [0.25, 0.3) is 0 Å². The van der Waals surface area contributed by atoms with Crippen LogP contribution in [0.4, 0.5) is 0 Å². The zero-order valence-electron chi connectivity index (χ0n) is 9.02. The van der Waals surface area contributed by atoms with Crippen LogP contribution in [0.5, 0.6) is 0 Å². The highest BCUT2D eigenvalue weighted by molar-refractivity contribution is 5.13. The minimum Gasteiger partial charge on any atom is -0.324 e. The summed E-state index contributed by atoms with van der Waals surface area (Å²) in [5, 5.41) is 3.52. The van der Waals surface area contributed by atoms with Gasteiger partial charge >= 0.3 is 0 Å². The summed E-state index contributed by atoms with van der Waals surface area (Å²) >= 11 is 0. The smallest absolute Gasteiger partial charge is 0.0325 e. The van der Waals surface area contributed by atoms with Crippen LogP contribution in [0.3, 0.4) is 0 Å². The highest BCUT2D eigenvalue weighted by Gasteiger charge is 2.16. The summed E-state index contributed by atoms with van der Waals surface area (Å²) < 4.78 is 0. The molecule has 1 fully saturated rings. The molecule has 0 spiro atoms. The number of aromatic nitrogens is 1. The molecule has 0 bridgehead atoms. The molecule has 1 saturated heterocycles. The molecule has 3 N–H and O–H groups in total. The molecular weight excluding hydrogens is 186 g/mol. The van der Waals surface area contributed by atoms with Gasteiger partial charge in [0.2, 0.25) is 0 Å². The van der Waals surface area contributed by atoms with Crippen LogP contribution >= 0.6 is 0 Å². The molecule has 1 aromatic rings. The molecule has 0 amide bonds. The van der Waals surface area contributed by atoms with Gasteiger partial charge in [0.05, 0.1) is 0 Å². The van der Waals surface area contributed by atoms with Crippen molar-refractivity contribution in [3.05, 3.63) is 30.1 Å². The lowest BCUT2D eigenvalue weighted by atomic mass is 9.95. The first kappa shape index (κ1) is 10.6. The number of nitrogens with one attached hydrogen (secondary N) is 1. The van der Waals surface area contributed by atoms with Crippen molar-refractivity contribution in [3.8, 4) is 0 Å². The Morgan fingerprint density at radius 2 is 2.47 bits per heavy atom. The second-order valence-electron chi connectivity index (χ2n) is 4.28. The Morgan fingerprint density at radius 1 is 1.53 bits per heavy atom. The second-order valence-corrected chi connectivity index (χ2v) is 4.28. The fourth-order valence-corrected chi connectivity index (χ4v) is 2.16. The molecule has 2 atom stereocenters. The van der Waals surface area contributed by atoms with E-state index in [1.165, 1.54) is 19.3 Å². The summed E-state index contributed by atoms with van der Waals surface area (Å²) in [6.45, 7) is 1.14. The lowest BCUT2D eigenvalue weighted by Crippen LogP contribution is -2.36. The van der Waals surface area contributed by atoms with E-state index in [-0.39, 0.29) is 6.04 Å². The minimum atomic E-state index is 0.120. The van der Waals surface area contributed by atoms with E-state index >= 15 is 0 Å². The largest absolute Gasteiger partial charge is 0.324 e. The van der Waals surface area contributed by atoms with Gasteiger partial charge in [0.1, 0.15) is 0 Å². The summed E-state index contributed by atoms with van der Waals surface area (Å²) in [4.78, 5) is 4.10. The third kappa shape index (κ3) is 3.01. The van der Waals surface area contributed by atoms with Crippen LogP contribution < -0.4 is 11.1 Å². The Kier molecular flexibility index (Phi) is 3.69. The maximum absolute atomic E-state index is 6.15. The van der Waals surface area contributed by atoms with Crippen LogP contribution in [0.2, 0.25) is 0 Å². The SMILES string of the molecule is NC(CC1CCCCN1)c1cccnc1. The molecule has 2 rings (SSSR count). The van der Waals surface area contributed by atoms with Gasteiger partial charge in [0.25, 0.3) is 0 Å². The van der Waals surface area contributed by atoms with Crippen molar-refractivity contribution in [1.82, 2.24) is 10.3 Å². The Morgan fingerprint density at radius 3 is 3.13 bits per heavy atom. The quantitative estimate of drug-likeness (QED) is 0.788. The van der Waals surface area contributed by atoms with Crippen molar-refractivity contribution in [2.75, 3.05) is 6.54 Å². The lowest BCUT2D eigenvalue weighted by molar-refractivity contribution is 0.362. The summed E-state index contributed by atoms with van der Waals surface area (Å²) in [6, 6.07) is 4.72. The average Bonchev–Trinajstić information content (AvgIpc) is 2.31. The van der Waals surface area contributed by atoms with Gasteiger partial charge in [0, 0.05) is 24.5 Å². The van der Waals surface area contributed by atoms with E-state index in [4.69, 9.17) is 5.73 Å². The Hall–Kier alpha value is -0.930. The van der Waals surface area contributed by atoms with Crippen molar-refractivity contribution in [2.45, 2.75) is 37.8 Å². The van der Waals surface area contributed by atoms with Crippen molar-refractivity contribution in [2.24, 2.45) is 5.73 Å². The Labute approximate surface area is 91.1 Å². The van der Waals surface area contributed by atoms with Gasteiger partial charge in [-0.15, -0.1) is 0 Å². The van der Waals surface area contributed by atoms with E-state index in [2.05, 4.69) is 16.4 Å². The molecule has 1 aliphatic heterocycles. The number of hydrogen-bond acceptors (Lipinski definition) is 3. The van der Waals surface area contributed by atoms with Crippen molar-refractivity contribution < 1.29 is 0 Å². The van der Waals surface area contributed by atoms with Gasteiger partial charge in [-0.25, -0.2) is 0 Å². The normalized spacial score (nSPS) is 23.7. The first-order chi connectivity index (χ1) is 7.36. The van der Waals surface area contributed by atoms with Gasteiger partial charge in [-0.2, -0.15) is 0 Å². The number of hydrogen-bond donors (Lipinski definition) is 2. The summed E-state index contributed by atoms with van der Waals surface area (Å²) in [6.07, 6.45) is 8.57. The van der Waals surface area contributed by atoms with Crippen LogP contribution in [0.15, 0.2) is 24.5 Å². The number of pyridine rings is 1. The molecule has 15 heavy (non-hydrogen) atoms. The molecule has 3 nitrogen and oxygen atoms in total. The fourth-order valence-electron chi connectivity index (χ4n) is 2.16. The summed E-state index contributed by atoms with van der Waals surface area (Å²) in [5.74, 6) is 0. The Bertz CT molecular complexity index is 280. The molecule has 0 aromatic carbocycles. The highest BCUT2D eigenvalue weighted by atomic mass is 14.9. The maximum atomic E-state index is 6.15. The van der Waals surface area contributed by atoms with Gasteiger partial charge in [-0.05, 0) is 37.4 Å². The van der Waals surface area contributed by atoms with E-state index in [9.17, 15) is 0 Å². The van der Waals surface area contributed by atoms with Crippen LogP contribution in [0.1, 0.15) is 37.3 Å². The first-order valence-electron chi connectivity index (χ1n) is 5.75. The third-order valence-corrected chi connectivity index (χ3v) is 3.06. The van der Waals surface area contributed by atoms with Gasteiger partial charge in [-0.1, -0.05) is 12.5 Å². The maximum Gasteiger partial charge on any atom is 0.0325 e. The molecule has 82 valence electrons. The molecule has 1 aromatic heterocycles. The van der Waals surface area contributed by atoms with Crippen molar-refractivity contribution >= 4 is 0 Å². The zero-order chi connectivity index (χ0) is 10.5. The molecular formula is C12H19N3. The fraction of sp³-hybridized carbons (Fsp3) is 0.583. The van der Waals surface area contributed by atoms with E-state index in [0.29, 0.717) is 6.04 Å². The lowest BCUT2D eigenvalue weighted by Gasteiger charge is -2.26. The molecule has 2 heterocycles. The topological polar surface area (TPSA) is 50.9 Å². The summed E-state index contributed by atoms with van der Waals surface area (Å²) in [7, 11) is 0. The van der Waals surface area contributed by atoms with Gasteiger partial charge in [0.15, 0.2) is 0 Å². The van der Waals surface area contributed by atoms with Crippen molar-refractivity contribution in [3.63, 3.8) is 0 Å². The third-order valence-electron chi connectivity index (χ3n) is 3.06. The monoisotopic (exact) mass is 205 g/mol. The predicted octanol–water partition coefficient (Wildman–Crippen LogP) is 1.61.